The average molecular weight is 349 g/mol. The third kappa shape index (κ3) is 2.68. The van der Waals surface area contributed by atoms with Crippen LogP contribution in [0.5, 0.6) is 0 Å². The molecule has 1 unspecified atom stereocenters. The molecule has 0 aromatic heterocycles. The van der Waals surface area contributed by atoms with E-state index in [1.54, 1.807) is 28.6 Å². The van der Waals surface area contributed by atoms with Crippen LogP contribution >= 0.6 is 0 Å². The summed E-state index contributed by atoms with van der Waals surface area (Å²) < 4.78 is 28.3. The quantitative estimate of drug-likeness (QED) is 0.707. The molecule has 0 radical (unpaired) electrons. The van der Waals surface area contributed by atoms with Gasteiger partial charge in [-0.25, -0.2) is 8.42 Å². The number of fused-ring (bicyclic) bond motifs is 1. The zero-order chi connectivity index (χ0) is 17.4. The van der Waals surface area contributed by atoms with E-state index in [2.05, 4.69) is 0 Å². The molecule has 1 atom stereocenters. The summed E-state index contributed by atoms with van der Waals surface area (Å²) in [5.74, 6) is 0. The Labute approximate surface area is 148 Å². The number of hydrogen-bond donors (Lipinski definition) is 0. The van der Waals surface area contributed by atoms with Gasteiger partial charge in [0.05, 0.1) is 10.9 Å². The van der Waals surface area contributed by atoms with Crippen molar-refractivity contribution in [1.29, 1.82) is 0 Å². The molecule has 0 saturated heterocycles. The van der Waals surface area contributed by atoms with Crippen molar-refractivity contribution in [2.45, 2.75) is 24.4 Å². The minimum absolute atomic E-state index is 0.290. The first-order valence-corrected chi connectivity index (χ1v) is 9.73. The molecule has 3 nitrogen and oxygen atoms in total. The molecule has 4 rings (SSSR count). The van der Waals surface area contributed by atoms with Crippen LogP contribution in [0.1, 0.15) is 28.3 Å². The SMILES string of the molecule is Cc1cccc2c1CN(S(=O)(=O)c1ccccc1)C2c1ccccc1. The monoisotopic (exact) mass is 349 g/mol. The minimum Gasteiger partial charge on any atom is -0.207 e. The fourth-order valence-corrected chi connectivity index (χ4v) is 5.12. The minimum atomic E-state index is -3.59. The molecule has 25 heavy (non-hydrogen) atoms. The smallest absolute Gasteiger partial charge is 0.207 e. The molecule has 0 N–H and O–H groups in total. The lowest BCUT2D eigenvalue weighted by molar-refractivity contribution is 0.387. The largest absolute Gasteiger partial charge is 0.244 e. The summed E-state index contributed by atoms with van der Waals surface area (Å²) in [6.45, 7) is 2.44. The second-order valence-corrected chi connectivity index (χ2v) is 8.21. The van der Waals surface area contributed by atoms with Gasteiger partial charge in [0.15, 0.2) is 0 Å². The van der Waals surface area contributed by atoms with Crippen LogP contribution in [0.3, 0.4) is 0 Å². The maximum atomic E-state index is 13.3. The predicted octanol–water partition coefficient (Wildman–Crippen LogP) is 4.29. The molecule has 0 fully saturated rings. The summed E-state index contributed by atoms with van der Waals surface area (Å²) in [5.41, 5.74) is 4.30. The average Bonchev–Trinajstić information content (AvgIpc) is 3.05. The molecule has 0 bridgehead atoms. The van der Waals surface area contributed by atoms with Crippen molar-refractivity contribution in [2.24, 2.45) is 0 Å². The molecule has 1 heterocycles. The van der Waals surface area contributed by atoms with E-state index >= 15 is 0 Å². The number of rotatable bonds is 3. The summed E-state index contributed by atoms with van der Waals surface area (Å²) in [6, 6.07) is 24.3. The van der Waals surface area contributed by atoms with Crippen molar-refractivity contribution in [3.05, 3.63) is 101 Å². The molecule has 1 aliphatic heterocycles. The van der Waals surface area contributed by atoms with Gasteiger partial charge in [-0.3, -0.25) is 0 Å². The van der Waals surface area contributed by atoms with Gasteiger partial charge in [-0.2, -0.15) is 4.31 Å². The molecule has 0 aliphatic carbocycles. The maximum Gasteiger partial charge on any atom is 0.244 e. The Morgan fingerprint density at radius 2 is 1.48 bits per heavy atom. The first-order valence-electron chi connectivity index (χ1n) is 8.29. The van der Waals surface area contributed by atoms with Crippen molar-refractivity contribution >= 4 is 10.0 Å². The first-order chi connectivity index (χ1) is 12.1. The lowest BCUT2D eigenvalue weighted by Gasteiger charge is -2.25. The van der Waals surface area contributed by atoms with Gasteiger partial charge in [-0.15, -0.1) is 0 Å². The molecule has 126 valence electrons. The van der Waals surface area contributed by atoms with Gasteiger partial charge in [0.25, 0.3) is 0 Å². The second kappa shape index (κ2) is 6.14. The van der Waals surface area contributed by atoms with Gasteiger partial charge < -0.3 is 0 Å². The first kappa shape index (κ1) is 16.1. The van der Waals surface area contributed by atoms with Crippen LogP contribution in [0.4, 0.5) is 0 Å². The van der Waals surface area contributed by atoms with Gasteiger partial charge in [0.2, 0.25) is 10.0 Å². The van der Waals surface area contributed by atoms with Crippen LogP contribution in [0.25, 0.3) is 0 Å². The summed E-state index contributed by atoms with van der Waals surface area (Å²) >= 11 is 0. The van der Waals surface area contributed by atoms with Gasteiger partial charge in [0.1, 0.15) is 0 Å². The van der Waals surface area contributed by atoms with Crippen LogP contribution in [0, 0.1) is 6.92 Å². The van der Waals surface area contributed by atoms with Crippen LogP contribution in [-0.2, 0) is 16.6 Å². The van der Waals surface area contributed by atoms with E-state index in [-0.39, 0.29) is 6.04 Å². The molecule has 0 spiro atoms. The van der Waals surface area contributed by atoms with Gasteiger partial charge in [-0.05, 0) is 41.3 Å². The highest BCUT2D eigenvalue weighted by Crippen LogP contribution is 2.42. The van der Waals surface area contributed by atoms with Crippen molar-refractivity contribution in [3.8, 4) is 0 Å². The Hall–Kier alpha value is -2.43. The lowest BCUT2D eigenvalue weighted by atomic mass is 9.96. The third-order valence-corrected chi connectivity index (χ3v) is 6.63. The zero-order valence-corrected chi connectivity index (χ0v) is 14.8. The molecular weight excluding hydrogens is 330 g/mol. The molecule has 3 aromatic rings. The van der Waals surface area contributed by atoms with E-state index in [0.29, 0.717) is 11.4 Å². The number of aryl methyl sites for hydroxylation is 1. The highest BCUT2D eigenvalue weighted by Gasteiger charge is 2.40. The molecule has 1 aliphatic rings. The van der Waals surface area contributed by atoms with Crippen LogP contribution < -0.4 is 0 Å². The van der Waals surface area contributed by atoms with E-state index in [0.717, 1.165) is 22.3 Å². The topological polar surface area (TPSA) is 37.4 Å². The summed E-state index contributed by atoms with van der Waals surface area (Å²) in [7, 11) is -3.59. The number of hydrogen-bond acceptors (Lipinski definition) is 2. The lowest BCUT2D eigenvalue weighted by Crippen LogP contribution is -2.30. The molecule has 0 amide bonds. The van der Waals surface area contributed by atoms with Crippen molar-refractivity contribution < 1.29 is 8.42 Å². The predicted molar refractivity (Wildman–Crippen MR) is 98.6 cm³/mol. The Bertz CT molecular complexity index is 999. The fraction of sp³-hybridized carbons (Fsp3) is 0.143. The van der Waals surface area contributed by atoms with E-state index in [4.69, 9.17) is 0 Å². The molecular formula is C21H19NO2S. The Morgan fingerprint density at radius 3 is 2.16 bits per heavy atom. The van der Waals surface area contributed by atoms with Crippen LogP contribution in [0.2, 0.25) is 0 Å². The van der Waals surface area contributed by atoms with Gasteiger partial charge >= 0.3 is 0 Å². The zero-order valence-electron chi connectivity index (χ0n) is 14.0. The van der Waals surface area contributed by atoms with E-state index in [1.807, 2.05) is 61.5 Å². The number of sulfonamides is 1. The summed E-state index contributed by atoms with van der Waals surface area (Å²) in [4.78, 5) is 0.335. The van der Waals surface area contributed by atoms with Crippen molar-refractivity contribution in [2.75, 3.05) is 0 Å². The second-order valence-electron chi connectivity index (χ2n) is 6.32. The normalized spacial score (nSPS) is 17.4. The Kier molecular flexibility index (Phi) is 3.94. The highest BCUT2D eigenvalue weighted by molar-refractivity contribution is 7.89. The standard InChI is InChI=1S/C21H19NO2S/c1-16-9-8-14-19-20(16)15-22(21(19)17-10-4-2-5-11-17)25(23,24)18-12-6-3-7-13-18/h2-14,21H,15H2,1H3. The summed E-state index contributed by atoms with van der Waals surface area (Å²) in [6.07, 6.45) is 0. The molecule has 4 heteroatoms. The van der Waals surface area contributed by atoms with Crippen LogP contribution in [-0.4, -0.2) is 12.7 Å². The maximum absolute atomic E-state index is 13.3. The number of nitrogens with zero attached hydrogens (tertiary/aromatic N) is 1. The highest BCUT2D eigenvalue weighted by atomic mass is 32.2. The van der Waals surface area contributed by atoms with Crippen molar-refractivity contribution in [1.82, 2.24) is 4.31 Å². The van der Waals surface area contributed by atoms with Crippen molar-refractivity contribution in [3.63, 3.8) is 0 Å². The van der Waals surface area contributed by atoms with Gasteiger partial charge in [-0.1, -0.05) is 66.7 Å². The number of benzene rings is 3. The summed E-state index contributed by atoms with van der Waals surface area (Å²) in [5, 5.41) is 0. The van der Waals surface area contributed by atoms with E-state index < -0.39 is 10.0 Å². The molecule has 0 saturated carbocycles. The van der Waals surface area contributed by atoms with E-state index in [9.17, 15) is 8.42 Å². The van der Waals surface area contributed by atoms with Crippen LogP contribution in [0.15, 0.2) is 83.8 Å². The third-order valence-electron chi connectivity index (χ3n) is 4.81. The molecule has 3 aromatic carbocycles. The van der Waals surface area contributed by atoms with E-state index in [1.165, 1.54) is 0 Å². The van der Waals surface area contributed by atoms with Gasteiger partial charge in [0, 0.05) is 6.54 Å². The Balaban J connectivity index is 1.89. The Morgan fingerprint density at radius 1 is 0.840 bits per heavy atom. The fourth-order valence-electron chi connectivity index (χ4n) is 3.53.